The number of hydrogen-bond acceptors (Lipinski definition) is 4. The van der Waals surface area contributed by atoms with Gasteiger partial charge in [-0.2, -0.15) is 0 Å². The van der Waals surface area contributed by atoms with Crippen LogP contribution < -0.4 is 4.74 Å². The molecule has 21 heavy (non-hydrogen) atoms. The van der Waals surface area contributed by atoms with Gasteiger partial charge in [-0.3, -0.25) is 4.98 Å². The van der Waals surface area contributed by atoms with Crippen LogP contribution in [-0.2, 0) is 11.0 Å². The van der Waals surface area contributed by atoms with Crippen molar-refractivity contribution in [3.05, 3.63) is 24.0 Å². The predicted molar refractivity (Wildman–Crippen MR) is 85.9 cm³/mol. The first kappa shape index (κ1) is 16.5. The number of ether oxygens (including phenoxy) is 1. The van der Waals surface area contributed by atoms with Crippen LogP contribution in [0.4, 0.5) is 0 Å². The van der Waals surface area contributed by atoms with E-state index in [9.17, 15) is 5.11 Å². The normalized spacial score (nSPS) is 17.6. The second-order valence-corrected chi connectivity index (χ2v) is 12.3. The van der Waals surface area contributed by atoms with Gasteiger partial charge in [0, 0.05) is 6.20 Å². The molecule has 0 atom stereocenters. The van der Waals surface area contributed by atoms with Crippen LogP contribution in [0.3, 0.4) is 0 Å². The highest BCUT2D eigenvalue weighted by Crippen LogP contribution is 2.40. The molecule has 0 saturated heterocycles. The molecule has 0 aliphatic heterocycles. The van der Waals surface area contributed by atoms with Gasteiger partial charge in [0.1, 0.15) is 11.4 Å². The van der Waals surface area contributed by atoms with E-state index in [2.05, 4.69) is 38.8 Å². The number of aromatic nitrogens is 1. The van der Waals surface area contributed by atoms with Gasteiger partial charge in [-0.15, -0.1) is 0 Å². The van der Waals surface area contributed by atoms with E-state index >= 15 is 0 Å². The van der Waals surface area contributed by atoms with Crippen molar-refractivity contribution in [1.82, 2.24) is 4.98 Å². The maximum absolute atomic E-state index is 9.32. The average Bonchev–Trinajstić information content (AvgIpc) is 3.16. The minimum absolute atomic E-state index is 0.0672. The zero-order valence-electron chi connectivity index (χ0n) is 13.8. The lowest BCUT2D eigenvalue weighted by molar-refractivity contribution is 0.0948. The van der Waals surface area contributed by atoms with Gasteiger partial charge in [0.15, 0.2) is 8.32 Å². The zero-order valence-corrected chi connectivity index (χ0v) is 14.8. The van der Waals surface area contributed by atoms with Crippen LogP contribution in [0.25, 0.3) is 0 Å². The van der Waals surface area contributed by atoms with Gasteiger partial charge in [-0.05, 0) is 42.6 Å². The van der Waals surface area contributed by atoms with E-state index in [0.717, 1.165) is 24.2 Å². The molecule has 1 aliphatic carbocycles. The van der Waals surface area contributed by atoms with Crippen molar-refractivity contribution in [3.8, 4) is 5.75 Å². The van der Waals surface area contributed by atoms with Crippen LogP contribution in [0.1, 0.15) is 39.2 Å². The first-order valence-corrected chi connectivity index (χ1v) is 10.5. The molecule has 0 amide bonds. The van der Waals surface area contributed by atoms with Gasteiger partial charge in [-0.1, -0.05) is 20.8 Å². The fraction of sp³-hybridized carbons (Fsp3) is 0.688. The van der Waals surface area contributed by atoms with E-state index in [0.29, 0.717) is 6.61 Å². The van der Waals surface area contributed by atoms with Gasteiger partial charge >= 0.3 is 0 Å². The third kappa shape index (κ3) is 4.05. The Hall–Kier alpha value is -0.913. The third-order valence-corrected chi connectivity index (χ3v) is 9.08. The standard InChI is InChI=1S/C16H27NO3Si/c1-15(2,3)21(4,5)19-11-13-8-14(10-17-9-13)20-16(12-18)6-7-16/h8-10,18H,6-7,11-12H2,1-5H3. The monoisotopic (exact) mass is 309 g/mol. The van der Waals surface area contributed by atoms with E-state index in [1.165, 1.54) is 0 Å². The third-order valence-electron chi connectivity index (χ3n) is 4.61. The number of hydrogen-bond donors (Lipinski definition) is 1. The summed E-state index contributed by atoms with van der Waals surface area (Å²) in [5.41, 5.74) is 0.659. The minimum atomic E-state index is -1.76. The molecule has 5 heteroatoms. The van der Waals surface area contributed by atoms with Crippen LogP contribution in [0, 0.1) is 0 Å². The summed E-state index contributed by atoms with van der Waals surface area (Å²) in [5.74, 6) is 0.720. The summed E-state index contributed by atoms with van der Waals surface area (Å²) >= 11 is 0. The summed E-state index contributed by atoms with van der Waals surface area (Å²) in [5, 5.41) is 9.52. The largest absolute Gasteiger partial charge is 0.483 e. The molecule has 2 rings (SSSR count). The highest BCUT2D eigenvalue weighted by molar-refractivity contribution is 6.74. The summed E-state index contributed by atoms with van der Waals surface area (Å²) in [6.45, 7) is 11.8. The summed E-state index contributed by atoms with van der Waals surface area (Å²) in [4.78, 5) is 4.22. The summed E-state index contributed by atoms with van der Waals surface area (Å²) in [6, 6.07) is 1.97. The number of rotatable bonds is 6. The number of pyridine rings is 1. The summed E-state index contributed by atoms with van der Waals surface area (Å²) < 4.78 is 12.0. The Labute approximate surface area is 128 Å². The molecule has 4 nitrogen and oxygen atoms in total. The van der Waals surface area contributed by atoms with Gasteiger partial charge in [-0.25, -0.2) is 0 Å². The molecule has 0 radical (unpaired) electrons. The molecule has 1 saturated carbocycles. The molecule has 0 aromatic carbocycles. The quantitative estimate of drug-likeness (QED) is 0.817. The molecule has 1 heterocycles. The Morgan fingerprint density at radius 2 is 1.95 bits per heavy atom. The second kappa shape index (κ2) is 5.70. The average molecular weight is 309 g/mol. The van der Waals surface area contributed by atoms with Gasteiger partial charge in [0.2, 0.25) is 0 Å². The van der Waals surface area contributed by atoms with E-state index in [1.807, 2.05) is 12.3 Å². The molecule has 0 spiro atoms. The zero-order chi connectivity index (χ0) is 15.7. The van der Waals surface area contributed by atoms with E-state index in [1.54, 1.807) is 6.20 Å². The molecule has 1 aliphatic rings. The van der Waals surface area contributed by atoms with E-state index in [4.69, 9.17) is 9.16 Å². The molecule has 1 N–H and O–H groups in total. The Balaban J connectivity index is 1.98. The molecule has 0 unspecified atom stereocenters. The topological polar surface area (TPSA) is 51.6 Å². The number of aliphatic hydroxyl groups excluding tert-OH is 1. The van der Waals surface area contributed by atoms with Crippen molar-refractivity contribution >= 4 is 8.32 Å². The van der Waals surface area contributed by atoms with Gasteiger partial charge in [0.05, 0.1) is 19.4 Å². The lowest BCUT2D eigenvalue weighted by atomic mass is 10.2. The fourth-order valence-electron chi connectivity index (χ4n) is 1.76. The van der Waals surface area contributed by atoms with Crippen molar-refractivity contribution in [3.63, 3.8) is 0 Å². The van der Waals surface area contributed by atoms with Crippen molar-refractivity contribution < 1.29 is 14.3 Å². The molecule has 1 aromatic rings. The van der Waals surface area contributed by atoms with E-state index in [-0.39, 0.29) is 17.2 Å². The van der Waals surface area contributed by atoms with Gasteiger partial charge in [0.25, 0.3) is 0 Å². The van der Waals surface area contributed by atoms with Crippen molar-refractivity contribution in [2.24, 2.45) is 0 Å². The van der Waals surface area contributed by atoms with Crippen molar-refractivity contribution in [2.45, 2.75) is 64.0 Å². The summed E-state index contributed by atoms with van der Waals surface area (Å²) in [7, 11) is -1.76. The molecular weight excluding hydrogens is 282 g/mol. The molecule has 0 bridgehead atoms. The second-order valence-electron chi connectivity index (χ2n) is 7.52. The maximum atomic E-state index is 9.32. The Morgan fingerprint density at radius 1 is 1.29 bits per heavy atom. The van der Waals surface area contributed by atoms with Gasteiger partial charge < -0.3 is 14.3 Å². The highest BCUT2D eigenvalue weighted by Gasteiger charge is 2.45. The van der Waals surface area contributed by atoms with Crippen LogP contribution >= 0.6 is 0 Å². The lowest BCUT2D eigenvalue weighted by Gasteiger charge is -2.36. The van der Waals surface area contributed by atoms with Crippen LogP contribution in [0.15, 0.2) is 18.5 Å². The lowest BCUT2D eigenvalue weighted by Crippen LogP contribution is -2.40. The fourth-order valence-corrected chi connectivity index (χ4v) is 2.72. The Kier molecular flexibility index (Phi) is 4.47. The van der Waals surface area contributed by atoms with Crippen LogP contribution in [-0.4, -0.2) is 30.6 Å². The summed E-state index contributed by atoms with van der Waals surface area (Å²) in [6.07, 6.45) is 5.34. The Bertz CT molecular complexity index is 493. The van der Waals surface area contributed by atoms with Crippen LogP contribution in [0.2, 0.25) is 18.1 Å². The maximum Gasteiger partial charge on any atom is 0.192 e. The highest BCUT2D eigenvalue weighted by atomic mass is 28.4. The first-order valence-electron chi connectivity index (χ1n) is 7.55. The Morgan fingerprint density at radius 3 is 2.48 bits per heavy atom. The van der Waals surface area contributed by atoms with Crippen molar-refractivity contribution in [2.75, 3.05) is 6.61 Å². The molecule has 1 aromatic heterocycles. The van der Waals surface area contributed by atoms with Crippen LogP contribution in [0.5, 0.6) is 5.75 Å². The predicted octanol–water partition coefficient (Wildman–Crippen LogP) is 3.51. The van der Waals surface area contributed by atoms with Crippen molar-refractivity contribution in [1.29, 1.82) is 0 Å². The number of nitrogens with zero attached hydrogens (tertiary/aromatic N) is 1. The molecular formula is C16H27NO3Si. The minimum Gasteiger partial charge on any atom is -0.483 e. The molecule has 1 fully saturated rings. The first-order chi connectivity index (χ1) is 9.67. The molecule has 118 valence electrons. The SMILES string of the molecule is CC(C)(C)[Si](C)(C)OCc1cncc(OC2(CO)CC2)c1. The van der Waals surface area contributed by atoms with E-state index < -0.39 is 8.32 Å². The smallest absolute Gasteiger partial charge is 0.192 e. The number of aliphatic hydroxyl groups is 1.